The van der Waals surface area contributed by atoms with E-state index in [2.05, 4.69) is 25.9 Å². The van der Waals surface area contributed by atoms with E-state index < -0.39 is 6.10 Å². The van der Waals surface area contributed by atoms with Crippen molar-refractivity contribution in [3.05, 3.63) is 42.6 Å². The molecule has 1 aliphatic rings. The first-order valence-corrected chi connectivity index (χ1v) is 7.07. The molecule has 1 atom stereocenters. The van der Waals surface area contributed by atoms with E-state index in [1.165, 1.54) is 6.20 Å². The number of aliphatic hydroxyl groups is 1. The van der Waals surface area contributed by atoms with Crippen molar-refractivity contribution >= 4 is 11.5 Å². The maximum atomic E-state index is 10.3. The van der Waals surface area contributed by atoms with Gasteiger partial charge in [0.1, 0.15) is 6.07 Å². The van der Waals surface area contributed by atoms with Gasteiger partial charge in [-0.1, -0.05) is 0 Å². The molecule has 3 heterocycles. The van der Waals surface area contributed by atoms with Crippen LogP contribution in [0.25, 0.3) is 0 Å². The summed E-state index contributed by atoms with van der Waals surface area (Å²) in [6, 6.07) is 5.90. The van der Waals surface area contributed by atoms with Crippen LogP contribution in [-0.2, 0) is 0 Å². The quantitative estimate of drug-likeness (QED) is 0.859. The van der Waals surface area contributed by atoms with Crippen molar-refractivity contribution in [1.29, 1.82) is 5.26 Å². The van der Waals surface area contributed by atoms with E-state index in [9.17, 15) is 5.11 Å². The van der Waals surface area contributed by atoms with Gasteiger partial charge in [0, 0.05) is 56.7 Å². The molecule has 0 amide bonds. The summed E-state index contributed by atoms with van der Waals surface area (Å²) in [4.78, 5) is 16.3. The Morgan fingerprint density at radius 3 is 2.50 bits per heavy atom. The first kappa shape index (κ1) is 14.2. The monoisotopic (exact) mass is 296 g/mol. The van der Waals surface area contributed by atoms with E-state index >= 15 is 0 Å². The van der Waals surface area contributed by atoms with E-state index in [1.807, 2.05) is 17.0 Å². The molecule has 0 aliphatic carbocycles. The number of nitrogens with zero attached hydrogens (tertiary/aromatic N) is 6. The third-order valence-corrected chi connectivity index (χ3v) is 3.61. The lowest BCUT2D eigenvalue weighted by Crippen LogP contribution is -2.34. The van der Waals surface area contributed by atoms with Crippen LogP contribution in [0.2, 0.25) is 0 Å². The van der Waals surface area contributed by atoms with Gasteiger partial charge in [-0.3, -0.25) is 4.98 Å². The summed E-state index contributed by atoms with van der Waals surface area (Å²) in [7, 11) is 0. The van der Waals surface area contributed by atoms with E-state index in [0.29, 0.717) is 25.5 Å². The van der Waals surface area contributed by atoms with Crippen LogP contribution in [0.15, 0.2) is 36.9 Å². The maximum Gasteiger partial charge on any atom is 0.183 e. The average Bonchev–Trinajstić information content (AvgIpc) is 2.77. The highest BCUT2D eigenvalue weighted by molar-refractivity contribution is 5.51. The number of anilines is 2. The summed E-state index contributed by atoms with van der Waals surface area (Å²) < 4.78 is 0. The Balaban J connectivity index is 1.82. The smallest absolute Gasteiger partial charge is 0.183 e. The van der Waals surface area contributed by atoms with Crippen molar-refractivity contribution in [2.75, 3.05) is 36.0 Å². The molecule has 2 aromatic heterocycles. The van der Waals surface area contributed by atoms with Gasteiger partial charge in [-0.05, 0) is 12.1 Å². The zero-order valence-corrected chi connectivity index (χ0v) is 12.0. The number of aliphatic hydroxyl groups excluding tert-OH is 1. The lowest BCUT2D eigenvalue weighted by molar-refractivity contribution is 0.191. The molecule has 0 unspecified atom stereocenters. The second kappa shape index (κ2) is 6.37. The van der Waals surface area contributed by atoms with Gasteiger partial charge in [-0.25, -0.2) is 9.97 Å². The zero-order valence-electron chi connectivity index (χ0n) is 12.0. The second-order valence-electron chi connectivity index (χ2n) is 5.09. The molecule has 0 radical (unpaired) electrons. The molecule has 0 saturated carbocycles. The van der Waals surface area contributed by atoms with Crippen LogP contribution in [0.4, 0.5) is 11.5 Å². The molecule has 7 heteroatoms. The highest BCUT2D eigenvalue weighted by Crippen LogP contribution is 2.20. The Morgan fingerprint density at radius 2 is 1.73 bits per heavy atom. The van der Waals surface area contributed by atoms with Gasteiger partial charge in [-0.15, -0.1) is 0 Å². The van der Waals surface area contributed by atoms with Gasteiger partial charge >= 0.3 is 0 Å². The summed E-state index contributed by atoms with van der Waals surface area (Å²) in [5.74, 6) is 0.528. The number of hydrogen-bond donors (Lipinski definition) is 1. The molecule has 0 bridgehead atoms. The van der Waals surface area contributed by atoms with Crippen molar-refractivity contribution in [2.24, 2.45) is 0 Å². The van der Waals surface area contributed by atoms with Crippen LogP contribution in [0.5, 0.6) is 0 Å². The average molecular weight is 296 g/mol. The first-order chi connectivity index (χ1) is 10.8. The molecule has 3 rings (SSSR count). The molecule has 1 saturated heterocycles. The van der Waals surface area contributed by atoms with Crippen LogP contribution in [0.3, 0.4) is 0 Å². The van der Waals surface area contributed by atoms with E-state index in [4.69, 9.17) is 5.26 Å². The highest BCUT2D eigenvalue weighted by Gasteiger charge is 2.24. The fourth-order valence-electron chi connectivity index (χ4n) is 2.61. The van der Waals surface area contributed by atoms with Gasteiger partial charge in [0.25, 0.3) is 0 Å². The molecule has 0 spiro atoms. The normalized spacial score (nSPS) is 18.6. The summed E-state index contributed by atoms with van der Waals surface area (Å²) in [5.41, 5.74) is 1.31. The molecule has 2 aromatic rings. The molecule has 1 N–H and O–H groups in total. The minimum absolute atomic E-state index is 0.284. The van der Waals surface area contributed by atoms with Crippen molar-refractivity contribution in [3.63, 3.8) is 0 Å². The third kappa shape index (κ3) is 2.97. The van der Waals surface area contributed by atoms with Crippen LogP contribution in [-0.4, -0.2) is 52.3 Å². The van der Waals surface area contributed by atoms with Gasteiger partial charge in [0.05, 0.1) is 6.10 Å². The highest BCUT2D eigenvalue weighted by atomic mass is 16.3. The lowest BCUT2D eigenvalue weighted by atomic mass is 10.3. The predicted molar refractivity (Wildman–Crippen MR) is 81.4 cm³/mol. The van der Waals surface area contributed by atoms with Crippen molar-refractivity contribution in [2.45, 2.75) is 6.10 Å². The number of nitriles is 1. The molecule has 1 aliphatic heterocycles. The van der Waals surface area contributed by atoms with Crippen molar-refractivity contribution in [1.82, 2.24) is 15.0 Å². The number of hydrogen-bond acceptors (Lipinski definition) is 7. The van der Waals surface area contributed by atoms with Crippen LogP contribution >= 0.6 is 0 Å². The van der Waals surface area contributed by atoms with E-state index in [1.54, 1.807) is 18.6 Å². The van der Waals surface area contributed by atoms with Crippen molar-refractivity contribution in [3.8, 4) is 6.07 Å². The Kier molecular flexibility index (Phi) is 4.12. The summed E-state index contributed by atoms with van der Waals surface area (Å²) >= 11 is 0. The standard InChI is InChI=1S/C15H16N6O/c16-9-14-15(19-6-5-18-14)21-8-7-20(10-13(22)11-21)12-1-3-17-4-2-12/h1-6,13,22H,7-8,10-11H2/t13-/m0/s1. The van der Waals surface area contributed by atoms with Crippen molar-refractivity contribution < 1.29 is 5.11 Å². The second-order valence-corrected chi connectivity index (χ2v) is 5.09. The fourth-order valence-corrected chi connectivity index (χ4v) is 2.61. The Morgan fingerprint density at radius 1 is 1.05 bits per heavy atom. The van der Waals surface area contributed by atoms with E-state index in [-0.39, 0.29) is 5.69 Å². The number of β-amino-alcohol motifs (C(OH)–C–C–N with tert-alkyl or cyclic N) is 1. The van der Waals surface area contributed by atoms with Crippen LogP contribution in [0.1, 0.15) is 5.69 Å². The molecule has 22 heavy (non-hydrogen) atoms. The van der Waals surface area contributed by atoms with Gasteiger partial charge < -0.3 is 14.9 Å². The molecule has 112 valence electrons. The van der Waals surface area contributed by atoms with Gasteiger partial charge in [-0.2, -0.15) is 5.26 Å². The Labute approximate surface area is 128 Å². The Hall–Kier alpha value is -2.72. The van der Waals surface area contributed by atoms with Crippen LogP contribution < -0.4 is 9.80 Å². The third-order valence-electron chi connectivity index (χ3n) is 3.61. The molecule has 0 aromatic carbocycles. The largest absolute Gasteiger partial charge is 0.389 e. The Bertz CT molecular complexity index is 671. The minimum atomic E-state index is -0.538. The number of aromatic nitrogens is 3. The number of pyridine rings is 1. The van der Waals surface area contributed by atoms with Gasteiger partial charge in [0.15, 0.2) is 11.5 Å². The fraction of sp³-hybridized carbons (Fsp3) is 0.333. The molecule has 1 fully saturated rings. The number of rotatable bonds is 2. The van der Waals surface area contributed by atoms with Crippen LogP contribution in [0, 0.1) is 11.3 Å². The lowest BCUT2D eigenvalue weighted by Gasteiger charge is -2.23. The van der Waals surface area contributed by atoms with E-state index in [0.717, 1.165) is 12.2 Å². The summed E-state index contributed by atoms with van der Waals surface area (Å²) in [6.07, 6.45) is 6.00. The van der Waals surface area contributed by atoms with Gasteiger partial charge in [0.2, 0.25) is 0 Å². The topological polar surface area (TPSA) is 89.2 Å². The minimum Gasteiger partial charge on any atom is -0.389 e. The molecular formula is C15H16N6O. The first-order valence-electron chi connectivity index (χ1n) is 7.07. The maximum absolute atomic E-state index is 10.3. The SMILES string of the molecule is N#Cc1nccnc1N1CCN(c2ccncc2)C[C@H](O)C1. The summed E-state index contributed by atoms with van der Waals surface area (Å²) in [5, 5.41) is 19.4. The molecule has 7 nitrogen and oxygen atoms in total. The zero-order chi connectivity index (χ0) is 15.4. The summed E-state index contributed by atoms with van der Waals surface area (Å²) in [6.45, 7) is 2.34. The molecular weight excluding hydrogens is 280 g/mol. The predicted octanol–water partition coefficient (Wildman–Crippen LogP) is 0.431.